The van der Waals surface area contributed by atoms with Gasteiger partial charge in [0.1, 0.15) is 11.9 Å². The molecule has 3 nitrogen and oxygen atoms in total. The average Bonchev–Trinajstić information content (AvgIpc) is 2.44. The van der Waals surface area contributed by atoms with E-state index in [2.05, 4.69) is 0 Å². The van der Waals surface area contributed by atoms with Crippen LogP contribution in [-0.2, 0) is 10.2 Å². The topological polar surface area (TPSA) is 46.5 Å². The molecule has 0 radical (unpaired) electrons. The molecule has 108 valence electrons. The molecule has 1 aromatic carbocycles. The van der Waals surface area contributed by atoms with E-state index in [1.807, 2.05) is 36.0 Å². The summed E-state index contributed by atoms with van der Waals surface area (Å²) in [7, 11) is 0. The predicted octanol–water partition coefficient (Wildman–Crippen LogP) is 3.47. The fourth-order valence-corrected chi connectivity index (χ4v) is 3.69. The van der Waals surface area contributed by atoms with E-state index in [4.69, 9.17) is 4.74 Å². The molecule has 1 N–H and O–H groups in total. The molecule has 20 heavy (non-hydrogen) atoms. The largest absolute Gasteiger partial charge is 0.489 e. The third kappa shape index (κ3) is 2.53. The highest BCUT2D eigenvalue weighted by Gasteiger charge is 2.41. The van der Waals surface area contributed by atoms with Gasteiger partial charge in [-0.1, -0.05) is 31.4 Å². The van der Waals surface area contributed by atoms with Gasteiger partial charge in [-0.25, -0.2) is 0 Å². The van der Waals surface area contributed by atoms with E-state index in [1.54, 1.807) is 0 Å². The number of thioether (sulfide) groups is 1. The monoisotopic (exact) mass is 292 g/mol. The van der Waals surface area contributed by atoms with Crippen LogP contribution in [0.15, 0.2) is 24.3 Å². The Kier molecular flexibility index (Phi) is 3.92. The Labute approximate surface area is 123 Å². The van der Waals surface area contributed by atoms with Crippen molar-refractivity contribution in [2.45, 2.75) is 43.6 Å². The highest BCUT2D eigenvalue weighted by molar-refractivity contribution is 8.00. The second-order valence-electron chi connectivity index (χ2n) is 5.75. The number of benzene rings is 1. The Morgan fingerprint density at radius 2 is 2.00 bits per heavy atom. The molecule has 2 aliphatic rings. The van der Waals surface area contributed by atoms with Gasteiger partial charge in [0, 0.05) is 11.5 Å². The fraction of sp³-hybridized carbons (Fsp3) is 0.562. The molecule has 1 aliphatic carbocycles. The number of hydrogen-bond donors (Lipinski definition) is 1. The van der Waals surface area contributed by atoms with Crippen molar-refractivity contribution in [3.05, 3.63) is 29.8 Å². The molecule has 1 aliphatic heterocycles. The number of carbonyl (C=O) groups is 1. The van der Waals surface area contributed by atoms with Crippen LogP contribution in [0.25, 0.3) is 0 Å². The van der Waals surface area contributed by atoms with E-state index in [9.17, 15) is 9.90 Å². The van der Waals surface area contributed by atoms with E-state index in [-0.39, 0.29) is 0 Å². The maximum absolute atomic E-state index is 11.8. The number of ether oxygens (including phenoxy) is 1. The SMILES string of the molecule is O=C(O)C1(c2cccc(OC3CSC3)c2)CCCCC1. The summed E-state index contributed by atoms with van der Waals surface area (Å²) in [4.78, 5) is 11.8. The predicted molar refractivity (Wildman–Crippen MR) is 80.6 cm³/mol. The van der Waals surface area contributed by atoms with Crippen molar-refractivity contribution in [2.24, 2.45) is 0 Å². The maximum atomic E-state index is 11.8. The lowest BCUT2D eigenvalue weighted by Crippen LogP contribution is -2.38. The quantitative estimate of drug-likeness (QED) is 0.923. The lowest BCUT2D eigenvalue weighted by atomic mass is 9.69. The van der Waals surface area contributed by atoms with Crippen LogP contribution in [0.1, 0.15) is 37.7 Å². The third-order valence-corrected chi connectivity index (χ3v) is 5.63. The zero-order valence-corrected chi connectivity index (χ0v) is 12.3. The molecule has 1 saturated carbocycles. The second kappa shape index (κ2) is 5.68. The number of aliphatic carboxylic acids is 1. The van der Waals surface area contributed by atoms with Gasteiger partial charge in [-0.3, -0.25) is 4.79 Å². The first-order valence-electron chi connectivity index (χ1n) is 7.29. The summed E-state index contributed by atoms with van der Waals surface area (Å²) < 4.78 is 5.89. The molecule has 0 amide bonds. The van der Waals surface area contributed by atoms with E-state index < -0.39 is 11.4 Å². The summed E-state index contributed by atoms with van der Waals surface area (Å²) in [6, 6.07) is 7.75. The minimum atomic E-state index is -0.702. The first kappa shape index (κ1) is 13.8. The second-order valence-corrected chi connectivity index (χ2v) is 6.83. The molecule has 0 aromatic heterocycles. The van der Waals surface area contributed by atoms with Gasteiger partial charge < -0.3 is 9.84 Å². The van der Waals surface area contributed by atoms with Crippen molar-refractivity contribution in [2.75, 3.05) is 11.5 Å². The van der Waals surface area contributed by atoms with Gasteiger partial charge >= 0.3 is 5.97 Å². The summed E-state index contributed by atoms with van der Waals surface area (Å²) in [5.41, 5.74) is 0.209. The van der Waals surface area contributed by atoms with Gasteiger partial charge in [0.2, 0.25) is 0 Å². The van der Waals surface area contributed by atoms with Crippen molar-refractivity contribution in [3.8, 4) is 5.75 Å². The maximum Gasteiger partial charge on any atom is 0.314 e. The summed E-state index contributed by atoms with van der Waals surface area (Å²) in [6.45, 7) is 0. The standard InChI is InChI=1S/C16H20O3S/c17-15(18)16(7-2-1-3-8-16)12-5-4-6-13(9-12)19-14-10-20-11-14/h4-6,9,14H,1-3,7-8,10-11H2,(H,17,18). The molecule has 0 spiro atoms. The molecule has 1 saturated heterocycles. The number of carboxylic acid groups (broad SMARTS) is 1. The molecule has 0 unspecified atom stereocenters. The zero-order chi connectivity index (χ0) is 14.0. The lowest BCUT2D eigenvalue weighted by Gasteiger charge is -2.34. The molecule has 0 atom stereocenters. The fourth-order valence-electron chi connectivity index (χ4n) is 3.12. The summed E-state index contributed by atoms with van der Waals surface area (Å²) >= 11 is 1.88. The summed E-state index contributed by atoms with van der Waals surface area (Å²) in [5.74, 6) is 2.20. The van der Waals surface area contributed by atoms with E-state index in [0.29, 0.717) is 6.10 Å². The van der Waals surface area contributed by atoms with E-state index >= 15 is 0 Å². The highest BCUT2D eigenvalue weighted by atomic mass is 32.2. The Balaban J connectivity index is 1.86. The third-order valence-electron chi connectivity index (χ3n) is 4.41. The Morgan fingerprint density at radius 3 is 2.60 bits per heavy atom. The Hall–Kier alpha value is -1.16. The number of rotatable bonds is 4. The van der Waals surface area contributed by atoms with E-state index in [1.165, 1.54) is 0 Å². The van der Waals surface area contributed by atoms with Crippen molar-refractivity contribution in [3.63, 3.8) is 0 Å². The van der Waals surface area contributed by atoms with Crippen LogP contribution in [0.4, 0.5) is 0 Å². The van der Waals surface area contributed by atoms with Crippen LogP contribution in [0.3, 0.4) is 0 Å². The van der Waals surface area contributed by atoms with Crippen molar-refractivity contribution in [1.82, 2.24) is 0 Å². The minimum absolute atomic E-state index is 0.294. The molecule has 1 heterocycles. The minimum Gasteiger partial charge on any atom is -0.489 e. The Morgan fingerprint density at radius 1 is 1.25 bits per heavy atom. The summed E-state index contributed by atoms with van der Waals surface area (Å²) in [6.07, 6.45) is 4.91. The normalized spacial score (nSPS) is 22.0. The van der Waals surface area contributed by atoms with Gasteiger partial charge in [0.25, 0.3) is 0 Å². The zero-order valence-electron chi connectivity index (χ0n) is 11.5. The number of hydrogen-bond acceptors (Lipinski definition) is 3. The van der Waals surface area contributed by atoms with Gasteiger partial charge in [-0.05, 0) is 30.5 Å². The molecular weight excluding hydrogens is 272 g/mol. The number of carboxylic acids is 1. The van der Waals surface area contributed by atoms with Crippen LogP contribution in [0.2, 0.25) is 0 Å². The van der Waals surface area contributed by atoms with Crippen LogP contribution < -0.4 is 4.74 Å². The molecule has 1 aromatic rings. The van der Waals surface area contributed by atoms with Gasteiger partial charge in [0.15, 0.2) is 0 Å². The smallest absolute Gasteiger partial charge is 0.314 e. The van der Waals surface area contributed by atoms with Crippen LogP contribution in [-0.4, -0.2) is 28.7 Å². The molecule has 3 rings (SSSR count). The van der Waals surface area contributed by atoms with E-state index in [0.717, 1.165) is 54.9 Å². The average molecular weight is 292 g/mol. The Bertz CT molecular complexity index is 490. The molecule has 0 bridgehead atoms. The van der Waals surface area contributed by atoms with Crippen LogP contribution in [0, 0.1) is 0 Å². The first-order chi connectivity index (χ1) is 9.71. The first-order valence-corrected chi connectivity index (χ1v) is 8.44. The van der Waals surface area contributed by atoms with Gasteiger partial charge in [-0.2, -0.15) is 11.8 Å². The molecule has 4 heteroatoms. The van der Waals surface area contributed by atoms with Gasteiger partial charge in [0.05, 0.1) is 5.41 Å². The lowest BCUT2D eigenvalue weighted by molar-refractivity contribution is -0.145. The van der Waals surface area contributed by atoms with Crippen LogP contribution >= 0.6 is 11.8 Å². The van der Waals surface area contributed by atoms with Crippen LogP contribution in [0.5, 0.6) is 5.75 Å². The van der Waals surface area contributed by atoms with Crippen molar-refractivity contribution in [1.29, 1.82) is 0 Å². The van der Waals surface area contributed by atoms with Crippen molar-refractivity contribution < 1.29 is 14.6 Å². The summed E-state index contributed by atoms with van der Waals surface area (Å²) in [5, 5.41) is 9.73. The van der Waals surface area contributed by atoms with Gasteiger partial charge in [-0.15, -0.1) is 0 Å². The highest BCUT2D eigenvalue weighted by Crippen LogP contribution is 2.41. The molecule has 2 fully saturated rings. The van der Waals surface area contributed by atoms with Crippen molar-refractivity contribution >= 4 is 17.7 Å². The molecular formula is C16H20O3S.